The van der Waals surface area contributed by atoms with Gasteiger partial charge in [0.1, 0.15) is 12.1 Å². The highest BCUT2D eigenvalue weighted by molar-refractivity contribution is 5.40. The van der Waals surface area contributed by atoms with Gasteiger partial charge >= 0.3 is 0 Å². The van der Waals surface area contributed by atoms with Crippen LogP contribution in [0.2, 0.25) is 0 Å². The van der Waals surface area contributed by atoms with Crippen LogP contribution in [0.4, 0.5) is 5.82 Å². The second-order valence-corrected chi connectivity index (χ2v) is 5.24. The highest BCUT2D eigenvalue weighted by Gasteiger charge is 2.20. The van der Waals surface area contributed by atoms with Gasteiger partial charge in [-0.15, -0.1) is 0 Å². The fourth-order valence-electron chi connectivity index (χ4n) is 2.43. The second kappa shape index (κ2) is 5.58. The molecule has 1 fully saturated rings. The van der Waals surface area contributed by atoms with E-state index in [1.165, 1.54) is 5.56 Å². The third kappa shape index (κ3) is 2.65. The van der Waals surface area contributed by atoms with Crippen molar-refractivity contribution in [2.75, 3.05) is 25.2 Å². The molecule has 106 valence electrons. The van der Waals surface area contributed by atoms with Gasteiger partial charge in [0.15, 0.2) is 0 Å². The smallest absolute Gasteiger partial charge is 0.132 e. The molecule has 1 aliphatic heterocycles. The molecule has 1 N–H and O–H groups in total. The van der Waals surface area contributed by atoms with Gasteiger partial charge in [0.05, 0.1) is 18.5 Å². The standard InChI is InChI=1S/C14H19N5O/c1-10-12(6-17-18-10)7-19(2)14-5-13(15-9-16-14)11-3-4-20-8-11/h5-6,9,11H,3-4,7-8H2,1-2H3,(H,17,18)/t11-/m0/s1. The quantitative estimate of drug-likeness (QED) is 0.917. The molecule has 1 aliphatic rings. The molecule has 0 unspecified atom stereocenters. The first-order valence-electron chi connectivity index (χ1n) is 6.83. The molecule has 0 bridgehead atoms. The number of hydrogen-bond acceptors (Lipinski definition) is 5. The summed E-state index contributed by atoms with van der Waals surface area (Å²) in [5.41, 5.74) is 3.34. The number of aromatic amines is 1. The van der Waals surface area contributed by atoms with E-state index in [0.717, 1.165) is 43.4 Å². The van der Waals surface area contributed by atoms with E-state index < -0.39 is 0 Å². The number of nitrogens with one attached hydrogen (secondary N) is 1. The molecule has 20 heavy (non-hydrogen) atoms. The Labute approximate surface area is 118 Å². The average molecular weight is 273 g/mol. The number of ether oxygens (including phenoxy) is 1. The number of aromatic nitrogens is 4. The van der Waals surface area contributed by atoms with Gasteiger partial charge < -0.3 is 9.64 Å². The van der Waals surface area contributed by atoms with Crippen LogP contribution in [0.15, 0.2) is 18.6 Å². The minimum atomic E-state index is 0.404. The summed E-state index contributed by atoms with van der Waals surface area (Å²) in [6.07, 6.45) is 4.54. The minimum absolute atomic E-state index is 0.404. The Morgan fingerprint density at radius 2 is 2.35 bits per heavy atom. The maximum absolute atomic E-state index is 5.43. The van der Waals surface area contributed by atoms with Crippen molar-refractivity contribution < 1.29 is 4.74 Å². The fourth-order valence-corrected chi connectivity index (χ4v) is 2.43. The molecule has 0 amide bonds. The van der Waals surface area contributed by atoms with Crippen molar-refractivity contribution in [1.29, 1.82) is 0 Å². The van der Waals surface area contributed by atoms with E-state index >= 15 is 0 Å². The zero-order valence-corrected chi connectivity index (χ0v) is 11.8. The molecule has 0 radical (unpaired) electrons. The first kappa shape index (κ1) is 13.1. The van der Waals surface area contributed by atoms with Crippen molar-refractivity contribution in [3.63, 3.8) is 0 Å². The van der Waals surface area contributed by atoms with Crippen LogP contribution in [-0.4, -0.2) is 40.4 Å². The lowest BCUT2D eigenvalue weighted by molar-refractivity contribution is 0.193. The van der Waals surface area contributed by atoms with E-state index in [9.17, 15) is 0 Å². The lowest BCUT2D eigenvalue weighted by Crippen LogP contribution is -2.18. The molecular weight excluding hydrogens is 254 g/mol. The van der Waals surface area contributed by atoms with Gasteiger partial charge in [-0.1, -0.05) is 0 Å². The van der Waals surface area contributed by atoms with Crippen molar-refractivity contribution in [1.82, 2.24) is 20.2 Å². The summed E-state index contributed by atoms with van der Waals surface area (Å²) in [5, 5.41) is 7.00. The van der Waals surface area contributed by atoms with E-state index in [1.807, 2.05) is 20.2 Å². The minimum Gasteiger partial charge on any atom is -0.381 e. The van der Waals surface area contributed by atoms with Gasteiger partial charge in [-0.2, -0.15) is 5.10 Å². The first-order chi connectivity index (χ1) is 9.74. The number of rotatable bonds is 4. The summed E-state index contributed by atoms with van der Waals surface area (Å²) in [6.45, 7) is 4.40. The lowest BCUT2D eigenvalue weighted by atomic mass is 10.0. The largest absolute Gasteiger partial charge is 0.381 e. The summed E-state index contributed by atoms with van der Waals surface area (Å²) in [7, 11) is 2.03. The van der Waals surface area contributed by atoms with Crippen LogP contribution in [0.5, 0.6) is 0 Å². The van der Waals surface area contributed by atoms with Crippen molar-refractivity contribution in [2.45, 2.75) is 25.8 Å². The Bertz CT molecular complexity index is 576. The fraction of sp³-hybridized carbons (Fsp3) is 0.500. The van der Waals surface area contributed by atoms with Crippen molar-refractivity contribution in [2.24, 2.45) is 0 Å². The lowest BCUT2D eigenvalue weighted by Gasteiger charge is -2.19. The predicted octanol–water partition coefficient (Wildman–Crippen LogP) is 1.65. The number of nitrogens with zero attached hydrogens (tertiary/aromatic N) is 4. The van der Waals surface area contributed by atoms with E-state index in [0.29, 0.717) is 5.92 Å². The van der Waals surface area contributed by atoms with E-state index in [1.54, 1.807) is 6.33 Å². The first-order valence-corrected chi connectivity index (χ1v) is 6.83. The summed E-state index contributed by atoms with van der Waals surface area (Å²) < 4.78 is 5.43. The highest BCUT2D eigenvalue weighted by Crippen LogP contribution is 2.25. The molecule has 0 aromatic carbocycles. The number of hydrogen-bond donors (Lipinski definition) is 1. The zero-order chi connectivity index (χ0) is 13.9. The molecule has 3 rings (SSSR count). The van der Waals surface area contributed by atoms with Gasteiger partial charge in [0.2, 0.25) is 0 Å². The molecule has 0 aliphatic carbocycles. The van der Waals surface area contributed by atoms with Gasteiger partial charge in [0, 0.05) is 43.4 Å². The number of anilines is 1. The van der Waals surface area contributed by atoms with Crippen molar-refractivity contribution >= 4 is 5.82 Å². The van der Waals surface area contributed by atoms with Crippen molar-refractivity contribution in [3.05, 3.63) is 35.5 Å². The number of aryl methyl sites for hydroxylation is 1. The SMILES string of the molecule is Cc1[nH]ncc1CN(C)c1cc([C@H]2CCOC2)ncn1. The Hall–Kier alpha value is -1.95. The van der Waals surface area contributed by atoms with Gasteiger partial charge in [-0.05, 0) is 13.3 Å². The van der Waals surface area contributed by atoms with E-state index in [-0.39, 0.29) is 0 Å². The Morgan fingerprint density at radius 3 is 3.05 bits per heavy atom. The molecule has 1 atom stereocenters. The number of H-pyrrole nitrogens is 1. The zero-order valence-electron chi connectivity index (χ0n) is 11.8. The molecule has 1 saturated heterocycles. The maximum atomic E-state index is 5.43. The normalized spacial score (nSPS) is 18.4. The van der Waals surface area contributed by atoms with Crippen LogP contribution in [0.3, 0.4) is 0 Å². The molecular formula is C14H19N5O. The Kier molecular flexibility index (Phi) is 3.64. The van der Waals surface area contributed by atoms with E-state index in [2.05, 4.69) is 31.1 Å². The molecule has 0 spiro atoms. The molecule has 3 heterocycles. The predicted molar refractivity (Wildman–Crippen MR) is 75.6 cm³/mol. The molecule has 6 heteroatoms. The van der Waals surface area contributed by atoms with Crippen LogP contribution >= 0.6 is 0 Å². The van der Waals surface area contributed by atoms with Crippen LogP contribution in [-0.2, 0) is 11.3 Å². The van der Waals surface area contributed by atoms with Crippen LogP contribution < -0.4 is 4.90 Å². The summed E-state index contributed by atoms with van der Waals surface area (Å²) in [4.78, 5) is 10.9. The summed E-state index contributed by atoms with van der Waals surface area (Å²) >= 11 is 0. The topological polar surface area (TPSA) is 66.9 Å². The van der Waals surface area contributed by atoms with Gasteiger partial charge in [-0.25, -0.2) is 9.97 Å². The molecule has 6 nitrogen and oxygen atoms in total. The third-order valence-corrected chi connectivity index (χ3v) is 3.75. The van der Waals surface area contributed by atoms with Crippen molar-refractivity contribution in [3.8, 4) is 0 Å². The monoisotopic (exact) mass is 273 g/mol. The highest BCUT2D eigenvalue weighted by atomic mass is 16.5. The summed E-state index contributed by atoms with van der Waals surface area (Å²) in [5.74, 6) is 1.34. The van der Waals surface area contributed by atoms with Crippen LogP contribution in [0.25, 0.3) is 0 Å². The maximum Gasteiger partial charge on any atom is 0.132 e. The third-order valence-electron chi connectivity index (χ3n) is 3.75. The summed E-state index contributed by atoms with van der Waals surface area (Å²) in [6, 6.07) is 2.06. The molecule has 2 aromatic heterocycles. The van der Waals surface area contributed by atoms with Gasteiger partial charge in [0.25, 0.3) is 0 Å². The average Bonchev–Trinajstić information content (AvgIpc) is 3.12. The van der Waals surface area contributed by atoms with E-state index in [4.69, 9.17) is 4.74 Å². The Balaban J connectivity index is 1.75. The van der Waals surface area contributed by atoms with Crippen LogP contribution in [0.1, 0.15) is 29.3 Å². The van der Waals surface area contributed by atoms with Crippen LogP contribution in [0, 0.1) is 6.92 Å². The second-order valence-electron chi connectivity index (χ2n) is 5.24. The Morgan fingerprint density at radius 1 is 1.45 bits per heavy atom. The molecule has 2 aromatic rings. The molecule has 0 saturated carbocycles. The van der Waals surface area contributed by atoms with Gasteiger partial charge in [-0.3, -0.25) is 5.10 Å².